The summed E-state index contributed by atoms with van der Waals surface area (Å²) in [5.74, 6) is 1.06. The monoisotopic (exact) mass is 366 g/mol. The number of likely N-dealkylation sites (tertiary alicyclic amines) is 1. The first-order chi connectivity index (χ1) is 13.1. The number of hydrogen-bond donors (Lipinski definition) is 0. The highest BCUT2D eigenvalue weighted by Gasteiger charge is 2.38. The van der Waals surface area contributed by atoms with Gasteiger partial charge in [-0.15, -0.1) is 0 Å². The van der Waals surface area contributed by atoms with Gasteiger partial charge in [-0.3, -0.25) is 19.4 Å². The van der Waals surface area contributed by atoms with Gasteiger partial charge in [0.1, 0.15) is 11.5 Å². The van der Waals surface area contributed by atoms with E-state index in [1.165, 1.54) is 4.90 Å². The number of carbonyl (C=O) groups excluding carboxylic acids is 2. The van der Waals surface area contributed by atoms with Gasteiger partial charge in [0, 0.05) is 24.2 Å². The SMILES string of the molecule is COc1ccc([C@@H]2CCCN2CN2C(=O)c3ccccc3C2=O)c(OC)c1. The fourth-order valence-corrected chi connectivity index (χ4v) is 3.99. The summed E-state index contributed by atoms with van der Waals surface area (Å²) in [5.41, 5.74) is 2.02. The molecule has 0 radical (unpaired) electrons. The van der Waals surface area contributed by atoms with Crippen LogP contribution in [0, 0.1) is 0 Å². The third-order valence-electron chi connectivity index (χ3n) is 5.36. The largest absolute Gasteiger partial charge is 0.497 e. The number of methoxy groups -OCH3 is 2. The van der Waals surface area contributed by atoms with Gasteiger partial charge in [0.05, 0.1) is 32.0 Å². The Morgan fingerprint density at radius 1 is 1.00 bits per heavy atom. The first kappa shape index (κ1) is 17.5. The summed E-state index contributed by atoms with van der Waals surface area (Å²) in [6, 6.07) is 12.9. The van der Waals surface area contributed by atoms with Crippen LogP contribution >= 0.6 is 0 Å². The van der Waals surface area contributed by atoms with Crippen LogP contribution < -0.4 is 9.47 Å². The van der Waals surface area contributed by atoms with E-state index in [9.17, 15) is 9.59 Å². The minimum Gasteiger partial charge on any atom is -0.497 e. The van der Waals surface area contributed by atoms with Crippen molar-refractivity contribution in [2.24, 2.45) is 0 Å². The highest BCUT2D eigenvalue weighted by molar-refractivity contribution is 6.21. The quantitative estimate of drug-likeness (QED) is 0.761. The standard InChI is InChI=1S/C21H22N2O4/c1-26-14-9-10-17(19(12-14)27-2)18-8-5-11-22(18)13-23-20(24)15-6-3-4-7-16(15)21(23)25/h3-4,6-7,9-10,12,18H,5,8,11,13H2,1-2H3/t18-/m0/s1. The van der Waals surface area contributed by atoms with Crippen LogP contribution in [-0.2, 0) is 0 Å². The van der Waals surface area contributed by atoms with Crippen molar-refractivity contribution in [1.29, 1.82) is 0 Å². The molecule has 2 amide bonds. The van der Waals surface area contributed by atoms with Gasteiger partial charge in [0.25, 0.3) is 11.8 Å². The van der Waals surface area contributed by atoms with Gasteiger partial charge in [0.15, 0.2) is 0 Å². The van der Waals surface area contributed by atoms with Crippen molar-refractivity contribution in [1.82, 2.24) is 9.80 Å². The van der Waals surface area contributed by atoms with E-state index < -0.39 is 0 Å². The van der Waals surface area contributed by atoms with Crippen molar-refractivity contribution in [2.75, 3.05) is 27.4 Å². The minimum atomic E-state index is -0.219. The number of fused-ring (bicyclic) bond motifs is 1. The van der Waals surface area contributed by atoms with Crippen LogP contribution in [0.15, 0.2) is 42.5 Å². The lowest BCUT2D eigenvalue weighted by Crippen LogP contribution is -2.41. The Labute approximate surface area is 158 Å². The zero-order chi connectivity index (χ0) is 19.0. The number of imide groups is 1. The number of hydrogen-bond acceptors (Lipinski definition) is 5. The van der Waals surface area contributed by atoms with Crippen LogP contribution in [0.4, 0.5) is 0 Å². The van der Waals surface area contributed by atoms with E-state index >= 15 is 0 Å². The molecule has 27 heavy (non-hydrogen) atoms. The van der Waals surface area contributed by atoms with Gasteiger partial charge in [0.2, 0.25) is 0 Å². The smallest absolute Gasteiger partial charge is 0.262 e. The summed E-state index contributed by atoms with van der Waals surface area (Å²) in [5, 5.41) is 0. The molecule has 1 fully saturated rings. The summed E-state index contributed by atoms with van der Waals surface area (Å²) in [4.78, 5) is 28.9. The van der Waals surface area contributed by atoms with Crippen molar-refractivity contribution >= 4 is 11.8 Å². The molecule has 1 atom stereocenters. The van der Waals surface area contributed by atoms with E-state index in [1.54, 1.807) is 38.5 Å². The van der Waals surface area contributed by atoms with Crippen LogP contribution in [0.25, 0.3) is 0 Å². The van der Waals surface area contributed by atoms with Gasteiger partial charge in [-0.1, -0.05) is 18.2 Å². The van der Waals surface area contributed by atoms with E-state index in [0.717, 1.165) is 36.4 Å². The van der Waals surface area contributed by atoms with Crippen molar-refractivity contribution in [3.8, 4) is 11.5 Å². The van der Waals surface area contributed by atoms with E-state index in [1.807, 2.05) is 18.2 Å². The van der Waals surface area contributed by atoms with Crippen molar-refractivity contribution in [3.63, 3.8) is 0 Å². The predicted octanol–water partition coefficient (Wildman–Crippen LogP) is 3.09. The lowest BCUT2D eigenvalue weighted by atomic mass is 10.0. The number of benzene rings is 2. The number of rotatable bonds is 5. The maximum absolute atomic E-state index is 12.7. The maximum Gasteiger partial charge on any atom is 0.262 e. The summed E-state index contributed by atoms with van der Waals surface area (Å²) in [7, 11) is 3.26. The molecule has 4 rings (SSSR count). The molecule has 2 aliphatic heterocycles. The fraction of sp³-hybridized carbons (Fsp3) is 0.333. The van der Waals surface area contributed by atoms with E-state index in [0.29, 0.717) is 11.1 Å². The number of carbonyl (C=O) groups is 2. The molecular weight excluding hydrogens is 344 g/mol. The second kappa shape index (κ2) is 7.04. The van der Waals surface area contributed by atoms with Gasteiger partial charge < -0.3 is 9.47 Å². The van der Waals surface area contributed by atoms with Crippen LogP contribution in [-0.4, -0.2) is 49.0 Å². The average molecular weight is 366 g/mol. The zero-order valence-electron chi connectivity index (χ0n) is 15.5. The molecular formula is C21H22N2O4. The second-order valence-electron chi connectivity index (χ2n) is 6.80. The Morgan fingerprint density at radius 2 is 1.70 bits per heavy atom. The molecule has 140 valence electrons. The molecule has 6 heteroatoms. The summed E-state index contributed by atoms with van der Waals surface area (Å²) in [6.45, 7) is 1.11. The van der Waals surface area contributed by atoms with Crippen LogP contribution in [0.1, 0.15) is 45.2 Å². The van der Waals surface area contributed by atoms with E-state index in [4.69, 9.17) is 9.47 Å². The van der Waals surface area contributed by atoms with Crippen molar-refractivity contribution in [2.45, 2.75) is 18.9 Å². The molecule has 2 aromatic rings. The fourth-order valence-electron chi connectivity index (χ4n) is 3.99. The highest BCUT2D eigenvalue weighted by atomic mass is 16.5. The molecule has 0 spiro atoms. The highest BCUT2D eigenvalue weighted by Crippen LogP contribution is 2.39. The molecule has 0 aromatic heterocycles. The van der Waals surface area contributed by atoms with E-state index in [-0.39, 0.29) is 24.5 Å². The van der Waals surface area contributed by atoms with Gasteiger partial charge in [-0.05, 0) is 31.0 Å². The lowest BCUT2D eigenvalue weighted by Gasteiger charge is -2.29. The third kappa shape index (κ3) is 2.96. The number of ether oxygens (including phenoxy) is 2. The minimum absolute atomic E-state index is 0.0927. The number of amides is 2. The Balaban J connectivity index is 1.59. The van der Waals surface area contributed by atoms with Gasteiger partial charge >= 0.3 is 0 Å². The van der Waals surface area contributed by atoms with Crippen LogP contribution in [0.5, 0.6) is 11.5 Å². The lowest BCUT2D eigenvalue weighted by molar-refractivity contribution is 0.0525. The first-order valence-corrected chi connectivity index (χ1v) is 9.05. The third-order valence-corrected chi connectivity index (χ3v) is 5.36. The van der Waals surface area contributed by atoms with Crippen LogP contribution in [0.2, 0.25) is 0 Å². The Kier molecular flexibility index (Phi) is 4.58. The Bertz CT molecular complexity index is 861. The van der Waals surface area contributed by atoms with E-state index in [2.05, 4.69) is 4.90 Å². The molecule has 2 aliphatic rings. The molecule has 0 bridgehead atoms. The van der Waals surface area contributed by atoms with Crippen molar-refractivity contribution < 1.29 is 19.1 Å². The summed E-state index contributed by atoms with van der Waals surface area (Å²) >= 11 is 0. The predicted molar refractivity (Wildman–Crippen MR) is 100 cm³/mol. The Morgan fingerprint density at radius 3 is 2.33 bits per heavy atom. The molecule has 0 unspecified atom stereocenters. The topological polar surface area (TPSA) is 59.1 Å². The number of nitrogens with zero attached hydrogens (tertiary/aromatic N) is 2. The Hall–Kier alpha value is -2.86. The zero-order valence-corrected chi connectivity index (χ0v) is 15.5. The molecule has 1 saturated heterocycles. The average Bonchev–Trinajstić information content (AvgIpc) is 3.26. The van der Waals surface area contributed by atoms with Crippen LogP contribution in [0.3, 0.4) is 0 Å². The first-order valence-electron chi connectivity index (χ1n) is 9.05. The molecule has 6 nitrogen and oxygen atoms in total. The second-order valence-corrected chi connectivity index (χ2v) is 6.80. The molecule has 2 heterocycles. The summed E-state index contributed by atoms with van der Waals surface area (Å²) < 4.78 is 10.8. The van der Waals surface area contributed by atoms with Gasteiger partial charge in [-0.25, -0.2) is 0 Å². The molecule has 0 N–H and O–H groups in total. The molecule has 0 aliphatic carbocycles. The molecule has 0 saturated carbocycles. The molecule has 2 aromatic carbocycles. The van der Waals surface area contributed by atoms with Gasteiger partial charge in [-0.2, -0.15) is 0 Å². The maximum atomic E-state index is 12.7. The summed E-state index contributed by atoms with van der Waals surface area (Å²) in [6.07, 6.45) is 1.95. The normalized spacial score (nSPS) is 19.5. The van der Waals surface area contributed by atoms with Crippen molar-refractivity contribution in [3.05, 3.63) is 59.2 Å².